The second-order valence-electron chi connectivity index (χ2n) is 5.86. The Bertz CT molecular complexity index is 808. The van der Waals surface area contributed by atoms with Gasteiger partial charge in [-0.15, -0.1) is 0 Å². The number of benzene rings is 2. The van der Waals surface area contributed by atoms with Crippen LogP contribution >= 0.6 is 0 Å². The minimum atomic E-state index is -0.533. The van der Waals surface area contributed by atoms with Crippen molar-refractivity contribution < 1.29 is 23.5 Å². The van der Waals surface area contributed by atoms with Crippen molar-refractivity contribution in [1.82, 2.24) is 10.6 Å². The third-order valence-corrected chi connectivity index (χ3v) is 4.16. The number of carbonyl (C=O) groups is 2. The molecule has 1 aliphatic rings. The minimum absolute atomic E-state index is 0.270. The van der Waals surface area contributed by atoms with Gasteiger partial charge in [0.15, 0.2) is 0 Å². The smallest absolute Gasteiger partial charge is 0.407 e. The summed E-state index contributed by atoms with van der Waals surface area (Å²) in [5.74, 6) is -0.170. The van der Waals surface area contributed by atoms with Gasteiger partial charge in [-0.1, -0.05) is 24.3 Å². The molecule has 0 radical (unpaired) electrons. The van der Waals surface area contributed by atoms with E-state index in [-0.39, 0.29) is 24.3 Å². The maximum Gasteiger partial charge on any atom is 0.407 e. The molecule has 3 rings (SSSR count). The summed E-state index contributed by atoms with van der Waals surface area (Å²) < 4.78 is 23.3. The van der Waals surface area contributed by atoms with Crippen molar-refractivity contribution in [2.75, 3.05) is 13.7 Å². The number of halogens is 1. The summed E-state index contributed by atoms with van der Waals surface area (Å²) in [7, 11) is 1.30. The molecule has 2 aromatic rings. The summed E-state index contributed by atoms with van der Waals surface area (Å²) in [5.41, 5.74) is 1.91. The van der Waals surface area contributed by atoms with Crippen molar-refractivity contribution in [1.29, 1.82) is 0 Å². The first-order valence-electron chi connectivity index (χ1n) is 8.21. The molecule has 1 heterocycles. The predicted molar refractivity (Wildman–Crippen MR) is 92.4 cm³/mol. The average molecular weight is 358 g/mol. The number of alkyl carbamates (subject to hydrolysis) is 1. The van der Waals surface area contributed by atoms with Crippen molar-refractivity contribution >= 4 is 12.0 Å². The van der Waals surface area contributed by atoms with E-state index in [1.54, 1.807) is 24.3 Å². The molecular weight excluding hydrogens is 339 g/mol. The molecule has 0 aliphatic carbocycles. The van der Waals surface area contributed by atoms with Crippen LogP contribution in [0, 0.1) is 5.82 Å². The summed E-state index contributed by atoms with van der Waals surface area (Å²) in [6.45, 7) is 0.649. The van der Waals surface area contributed by atoms with E-state index in [0.717, 1.165) is 11.1 Å². The Balaban J connectivity index is 1.75. The number of amides is 2. The SMILES string of the molecule is COC(=O)N[C@H]1CCOc2c(C(=O)NCc3ccc(F)cc3)cccc21. The van der Waals surface area contributed by atoms with Crippen molar-refractivity contribution in [3.63, 3.8) is 0 Å². The van der Waals surface area contributed by atoms with E-state index in [2.05, 4.69) is 15.4 Å². The van der Waals surface area contributed by atoms with Crippen LogP contribution in [0.5, 0.6) is 5.75 Å². The van der Waals surface area contributed by atoms with Gasteiger partial charge in [0.05, 0.1) is 25.3 Å². The van der Waals surface area contributed by atoms with Crippen LogP contribution in [0.4, 0.5) is 9.18 Å². The van der Waals surface area contributed by atoms with Crippen LogP contribution in [0.1, 0.15) is 33.9 Å². The van der Waals surface area contributed by atoms with E-state index in [1.165, 1.54) is 19.2 Å². The molecule has 0 saturated heterocycles. The van der Waals surface area contributed by atoms with Crippen LogP contribution in [-0.2, 0) is 11.3 Å². The van der Waals surface area contributed by atoms with E-state index >= 15 is 0 Å². The van der Waals surface area contributed by atoms with Crippen LogP contribution in [0.25, 0.3) is 0 Å². The first-order valence-corrected chi connectivity index (χ1v) is 8.21. The molecule has 26 heavy (non-hydrogen) atoms. The zero-order valence-corrected chi connectivity index (χ0v) is 14.3. The molecule has 1 aliphatic heterocycles. The molecule has 136 valence electrons. The molecule has 1 atom stereocenters. The average Bonchev–Trinajstić information content (AvgIpc) is 2.67. The number of carbonyl (C=O) groups excluding carboxylic acids is 2. The first-order chi connectivity index (χ1) is 12.6. The van der Waals surface area contributed by atoms with Crippen molar-refractivity contribution in [3.8, 4) is 5.75 Å². The third kappa shape index (κ3) is 3.93. The van der Waals surface area contributed by atoms with Crippen molar-refractivity contribution in [3.05, 3.63) is 65.0 Å². The van der Waals surface area contributed by atoms with Crippen LogP contribution < -0.4 is 15.4 Å². The standard InChI is InChI=1S/C19H19FN2O4/c1-25-19(24)22-16-9-10-26-17-14(16)3-2-4-15(17)18(23)21-11-12-5-7-13(20)8-6-12/h2-8,16H,9-11H2,1H3,(H,21,23)(H,22,24)/t16-/m0/s1. The highest BCUT2D eigenvalue weighted by molar-refractivity contribution is 5.97. The van der Waals surface area contributed by atoms with Gasteiger partial charge in [-0.3, -0.25) is 4.79 Å². The van der Waals surface area contributed by atoms with Gasteiger partial charge in [-0.05, 0) is 23.8 Å². The normalized spacial score (nSPS) is 15.4. The van der Waals surface area contributed by atoms with Crippen molar-refractivity contribution in [2.24, 2.45) is 0 Å². The summed E-state index contributed by atoms with van der Waals surface area (Å²) in [6, 6.07) is 10.9. The highest BCUT2D eigenvalue weighted by Gasteiger charge is 2.27. The number of para-hydroxylation sites is 1. The fourth-order valence-corrected chi connectivity index (χ4v) is 2.83. The third-order valence-electron chi connectivity index (χ3n) is 4.16. The lowest BCUT2D eigenvalue weighted by atomic mass is 9.97. The number of fused-ring (bicyclic) bond motifs is 1. The quantitative estimate of drug-likeness (QED) is 0.881. The lowest BCUT2D eigenvalue weighted by molar-refractivity contribution is 0.0945. The Hall–Kier alpha value is -3.09. The lowest BCUT2D eigenvalue weighted by Crippen LogP contribution is -2.33. The molecule has 0 bridgehead atoms. The highest BCUT2D eigenvalue weighted by Crippen LogP contribution is 2.35. The minimum Gasteiger partial charge on any atom is -0.492 e. The fourth-order valence-electron chi connectivity index (χ4n) is 2.83. The van der Waals surface area contributed by atoms with Crippen LogP contribution in [0.2, 0.25) is 0 Å². The van der Waals surface area contributed by atoms with E-state index in [0.29, 0.717) is 24.3 Å². The van der Waals surface area contributed by atoms with Crippen LogP contribution in [-0.4, -0.2) is 25.7 Å². The van der Waals surface area contributed by atoms with Crippen LogP contribution in [0.3, 0.4) is 0 Å². The Kier molecular flexibility index (Phi) is 5.36. The molecule has 0 aromatic heterocycles. The molecule has 0 spiro atoms. The molecule has 2 aromatic carbocycles. The van der Waals surface area contributed by atoms with Crippen molar-refractivity contribution in [2.45, 2.75) is 19.0 Å². The summed E-state index contributed by atoms with van der Waals surface area (Å²) >= 11 is 0. The van der Waals surface area contributed by atoms with E-state index in [4.69, 9.17) is 4.74 Å². The summed E-state index contributed by atoms with van der Waals surface area (Å²) in [5, 5.41) is 5.54. The number of methoxy groups -OCH3 is 1. The Morgan fingerprint density at radius 2 is 2.00 bits per heavy atom. The first kappa shape index (κ1) is 17.7. The van der Waals surface area contributed by atoms with Gasteiger partial charge >= 0.3 is 6.09 Å². The van der Waals surface area contributed by atoms with Gasteiger partial charge in [0.2, 0.25) is 0 Å². The maximum atomic E-state index is 12.9. The molecular formula is C19H19FN2O4. The molecule has 7 heteroatoms. The fraction of sp³-hybridized carbons (Fsp3) is 0.263. The Labute approximate surface area is 150 Å². The van der Waals surface area contributed by atoms with Crippen LogP contribution in [0.15, 0.2) is 42.5 Å². The predicted octanol–water partition coefficient (Wildman–Crippen LogP) is 2.94. The number of hydrogen-bond acceptors (Lipinski definition) is 4. The zero-order chi connectivity index (χ0) is 18.5. The number of ether oxygens (including phenoxy) is 2. The zero-order valence-electron chi connectivity index (χ0n) is 14.3. The monoisotopic (exact) mass is 358 g/mol. The Morgan fingerprint density at radius 3 is 2.73 bits per heavy atom. The largest absolute Gasteiger partial charge is 0.492 e. The second-order valence-corrected chi connectivity index (χ2v) is 5.86. The molecule has 2 amide bonds. The topological polar surface area (TPSA) is 76.7 Å². The lowest BCUT2D eigenvalue weighted by Gasteiger charge is -2.27. The van der Waals surface area contributed by atoms with E-state index in [9.17, 15) is 14.0 Å². The van der Waals surface area contributed by atoms with Gasteiger partial charge in [0.25, 0.3) is 5.91 Å². The number of nitrogens with one attached hydrogen (secondary N) is 2. The van der Waals surface area contributed by atoms with Gasteiger partial charge in [0, 0.05) is 18.5 Å². The number of rotatable bonds is 4. The maximum absolute atomic E-state index is 12.9. The highest BCUT2D eigenvalue weighted by atomic mass is 19.1. The van der Waals surface area contributed by atoms with Gasteiger partial charge in [-0.2, -0.15) is 0 Å². The molecule has 6 nitrogen and oxygen atoms in total. The molecule has 2 N–H and O–H groups in total. The molecule has 0 fully saturated rings. The van der Waals surface area contributed by atoms with Gasteiger partial charge in [-0.25, -0.2) is 9.18 Å². The van der Waals surface area contributed by atoms with E-state index in [1.807, 2.05) is 6.07 Å². The van der Waals surface area contributed by atoms with Gasteiger partial charge in [0.1, 0.15) is 11.6 Å². The molecule has 0 saturated carbocycles. The Morgan fingerprint density at radius 1 is 1.23 bits per heavy atom. The number of hydrogen-bond donors (Lipinski definition) is 2. The summed E-state index contributed by atoms with van der Waals surface area (Å²) in [6.07, 6.45) is 0.0527. The van der Waals surface area contributed by atoms with Gasteiger partial charge < -0.3 is 20.1 Å². The summed E-state index contributed by atoms with van der Waals surface area (Å²) in [4.78, 5) is 24.1. The van der Waals surface area contributed by atoms with E-state index < -0.39 is 6.09 Å². The second kappa shape index (κ2) is 7.86. The molecule has 0 unspecified atom stereocenters.